The fraction of sp³-hybridized carbons (Fsp3) is 0.778. The molecule has 13 heavy (non-hydrogen) atoms. The highest BCUT2D eigenvalue weighted by Gasteiger charge is 2.28. The van der Waals surface area contributed by atoms with Crippen molar-refractivity contribution >= 4 is 17.7 Å². The minimum atomic E-state index is -0.0678. The lowest BCUT2D eigenvalue weighted by Crippen LogP contribution is -2.26. The Kier molecular flexibility index (Phi) is 4.10. The van der Waals surface area contributed by atoms with E-state index in [1.54, 1.807) is 11.8 Å². The predicted octanol–water partition coefficient (Wildman–Crippen LogP) is 1.11. The van der Waals surface area contributed by atoms with Crippen molar-refractivity contribution in [2.24, 2.45) is 5.92 Å². The molecule has 0 radical (unpaired) electrons. The van der Waals surface area contributed by atoms with Gasteiger partial charge in [0.2, 0.25) is 5.91 Å². The predicted molar refractivity (Wildman–Crippen MR) is 53.3 cm³/mol. The number of rotatable bonds is 4. The lowest BCUT2D eigenvalue weighted by molar-refractivity contribution is -0.127. The molecule has 0 aromatic rings. The van der Waals surface area contributed by atoms with Crippen LogP contribution >= 0.6 is 11.8 Å². The summed E-state index contributed by atoms with van der Waals surface area (Å²) in [6, 6.07) is 2.15. The highest BCUT2D eigenvalue weighted by molar-refractivity contribution is 7.98. The van der Waals surface area contributed by atoms with Gasteiger partial charge >= 0.3 is 0 Å². The number of thioether (sulfide) groups is 1. The summed E-state index contributed by atoms with van der Waals surface area (Å²) in [5.74, 6) is 1.16. The number of nitrogens with zero attached hydrogens (tertiary/aromatic N) is 2. The molecule has 3 nitrogen and oxygen atoms in total. The standard InChI is InChI=1S/C9H14N2OS/c1-13-4-2-3-11-7-8(6-10)5-9(11)12/h8H,2-5,7H2,1H3. The van der Waals surface area contributed by atoms with E-state index < -0.39 is 0 Å². The summed E-state index contributed by atoms with van der Waals surface area (Å²) in [6.45, 7) is 1.46. The fourth-order valence-corrected chi connectivity index (χ4v) is 1.89. The Morgan fingerprint density at radius 3 is 3.08 bits per heavy atom. The van der Waals surface area contributed by atoms with Gasteiger partial charge in [0, 0.05) is 19.5 Å². The molecule has 1 fully saturated rings. The van der Waals surface area contributed by atoms with Crippen LogP contribution in [0.3, 0.4) is 0 Å². The van der Waals surface area contributed by atoms with Crippen LogP contribution in [0.4, 0.5) is 0 Å². The van der Waals surface area contributed by atoms with Crippen LogP contribution in [0, 0.1) is 17.2 Å². The van der Waals surface area contributed by atoms with E-state index in [0.717, 1.165) is 18.7 Å². The molecule has 0 aromatic carbocycles. The van der Waals surface area contributed by atoms with E-state index in [1.807, 2.05) is 4.90 Å². The summed E-state index contributed by atoms with van der Waals surface area (Å²) in [4.78, 5) is 13.1. The van der Waals surface area contributed by atoms with Crippen molar-refractivity contribution in [3.63, 3.8) is 0 Å². The fourth-order valence-electron chi connectivity index (χ4n) is 1.47. The highest BCUT2D eigenvalue weighted by Crippen LogP contribution is 2.16. The number of carbonyl (C=O) groups excluding carboxylic acids is 1. The van der Waals surface area contributed by atoms with Crippen molar-refractivity contribution in [1.82, 2.24) is 4.90 Å². The van der Waals surface area contributed by atoms with Crippen LogP contribution in [0.5, 0.6) is 0 Å². The molecule has 0 bridgehead atoms. The van der Waals surface area contributed by atoms with Crippen LogP contribution < -0.4 is 0 Å². The second-order valence-electron chi connectivity index (χ2n) is 3.22. The first-order valence-corrected chi connectivity index (χ1v) is 5.83. The molecule has 1 atom stereocenters. The van der Waals surface area contributed by atoms with E-state index >= 15 is 0 Å². The maximum atomic E-state index is 11.3. The van der Waals surface area contributed by atoms with Gasteiger partial charge in [-0.3, -0.25) is 4.79 Å². The normalized spacial score (nSPS) is 22.0. The van der Waals surface area contributed by atoms with Crippen molar-refractivity contribution in [1.29, 1.82) is 5.26 Å². The molecule has 4 heteroatoms. The van der Waals surface area contributed by atoms with Crippen molar-refractivity contribution in [2.45, 2.75) is 12.8 Å². The number of hydrogen-bond acceptors (Lipinski definition) is 3. The zero-order chi connectivity index (χ0) is 9.68. The third-order valence-electron chi connectivity index (χ3n) is 2.17. The molecule has 1 aliphatic rings. The van der Waals surface area contributed by atoms with Gasteiger partial charge in [-0.25, -0.2) is 0 Å². The monoisotopic (exact) mass is 198 g/mol. The van der Waals surface area contributed by atoms with E-state index in [-0.39, 0.29) is 11.8 Å². The van der Waals surface area contributed by atoms with Gasteiger partial charge in [0.15, 0.2) is 0 Å². The molecular formula is C9H14N2OS. The Morgan fingerprint density at radius 2 is 2.54 bits per heavy atom. The summed E-state index contributed by atoms with van der Waals surface area (Å²) in [5.41, 5.74) is 0. The first-order chi connectivity index (χ1) is 6.27. The molecular weight excluding hydrogens is 184 g/mol. The maximum Gasteiger partial charge on any atom is 0.224 e. The van der Waals surface area contributed by atoms with Crippen LogP contribution in [-0.2, 0) is 4.79 Å². The average Bonchev–Trinajstić information content (AvgIpc) is 2.48. The molecule has 0 N–H and O–H groups in total. The van der Waals surface area contributed by atoms with Gasteiger partial charge in [-0.2, -0.15) is 17.0 Å². The van der Waals surface area contributed by atoms with Crippen LogP contribution in [0.1, 0.15) is 12.8 Å². The van der Waals surface area contributed by atoms with E-state index in [1.165, 1.54) is 0 Å². The quantitative estimate of drug-likeness (QED) is 0.636. The van der Waals surface area contributed by atoms with Gasteiger partial charge < -0.3 is 4.90 Å². The molecule has 0 aromatic heterocycles. The third-order valence-corrected chi connectivity index (χ3v) is 2.87. The SMILES string of the molecule is CSCCCN1CC(C#N)CC1=O. The second kappa shape index (κ2) is 5.13. The molecule has 0 spiro atoms. The summed E-state index contributed by atoms with van der Waals surface area (Å²) < 4.78 is 0. The van der Waals surface area contributed by atoms with Crippen LogP contribution in [-0.4, -0.2) is 35.9 Å². The zero-order valence-electron chi connectivity index (χ0n) is 7.82. The Balaban J connectivity index is 2.28. The number of likely N-dealkylation sites (tertiary alicyclic amines) is 1. The lowest BCUT2D eigenvalue weighted by Gasteiger charge is -2.14. The summed E-state index contributed by atoms with van der Waals surface area (Å²) in [7, 11) is 0. The van der Waals surface area contributed by atoms with Gasteiger partial charge in [-0.15, -0.1) is 0 Å². The molecule has 1 unspecified atom stereocenters. The third kappa shape index (κ3) is 2.92. The van der Waals surface area contributed by atoms with Gasteiger partial charge in [0.25, 0.3) is 0 Å². The second-order valence-corrected chi connectivity index (χ2v) is 4.20. The van der Waals surface area contributed by atoms with Crippen molar-refractivity contribution in [2.75, 3.05) is 25.1 Å². The summed E-state index contributed by atoms with van der Waals surface area (Å²) in [6.07, 6.45) is 3.52. The van der Waals surface area contributed by atoms with Crippen molar-refractivity contribution < 1.29 is 4.79 Å². The average molecular weight is 198 g/mol. The van der Waals surface area contributed by atoms with E-state index in [9.17, 15) is 4.79 Å². The molecule has 1 aliphatic heterocycles. The topological polar surface area (TPSA) is 44.1 Å². The Labute approximate surface area is 83.1 Å². The van der Waals surface area contributed by atoms with Crippen LogP contribution in [0.2, 0.25) is 0 Å². The maximum absolute atomic E-state index is 11.3. The number of carbonyl (C=O) groups is 1. The van der Waals surface area contributed by atoms with E-state index in [4.69, 9.17) is 5.26 Å². The smallest absolute Gasteiger partial charge is 0.224 e. The van der Waals surface area contributed by atoms with Gasteiger partial charge in [-0.05, 0) is 18.4 Å². The number of amides is 1. The lowest BCUT2D eigenvalue weighted by atomic mass is 10.1. The summed E-state index contributed by atoms with van der Waals surface area (Å²) in [5, 5.41) is 8.64. The minimum absolute atomic E-state index is 0.0678. The van der Waals surface area contributed by atoms with Crippen molar-refractivity contribution in [3.05, 3.63) is 0 Å². The van der Waals surface area contributed by atoms with Crippen LogP contribution in [0.15, 0.2) is 0 Å². The largest absolute Gasteiger partial charge is 0.341 e. The molecule has 1 rings (SSSR count). The molecule has 72 valence electrons. The molecule has 1 heterocycles. The summed E-state index contributed by atoms with van der Waals surface area (Å²) >= 11 is 1.79. The van der Waals surface area contributed by atoms with E-state index in [2.05, 4.69) is 12.3 Å². The first kappa shape index (κ1) is 10.4. The number of hydrogen-bond donors (Lipinski definition) is 0. The Morgan fingerprint density at radius 1 is 1.77 bits per heavy atom. The molecule has 0 aliphatic carbocycles. The van der Waals surface area contributed by atoms with E-state index in [0.29, 0.717) is 13.0 Å². The molecule has 0 saturated carbocycles. The zero-order valence-corrected chi connectivity index (χ0v) is 8.64. The highest BCUT2D eigenvalue weighted by atomic mass is 32.2. The Bertz CT molecular complexity index is 224. The molecule has 1 amide bonds. The van der Waals surface area contributed by atoms with Gasteiger partial charge in [0.1, 0.15) is 0 Å². The van der Waals surface area contributed by atoms with Crippen molar-refractivity contribution in [3.8, 4) is 6.07 Å². The number of nitriles is 1. The van der Waals surface area contributed by atoms with Gasteiger partial charge in [0.05, 0.1) is 12.0 Å². The minimum Gasteiger partial charge on any atom is -0.341 e. The van der Waals surface area contributed by atoms with Gasteiger partial charge in [-0.1, -0.05) is 0 Å². The first-order valence-electron chi connectivity index (χ1n) is 4.44. The van der Waals surface area contributed by atoms with Crippen LogP contribution in [0.25, 0.3) is 0 Å². The molecule has 1 saturated heterocycles. The Hall–Kier alpha value is -0.690.